The zero-order valence-corrected chi connectivity index (χ0v) is 20.9. The summed E-state index contributed by atoms with van der Waals surface area (Å²) in [7, 11) is 0. The first-order valence-electron chi connectivity index (χ1n) is 12.5. The lowest BCUT2D eigenvalue weighted by atomic mass is 9.97. The van der Waals surface area contributed by atoms with E-state index in [1.165, 1.54) is 12.8 Å². The van der Waals surface area contributed by atoms with Crippen LogP contribution in [0.3, 0.4) is 0 Å². The molecule has 1 aliphatic heterocycles. The van der Waals surface area contributed by atoms with Crippen LogP contribution in [0.1, 0.15) is 71.5 Å². The monoisotopic (exact) mass is 482 g/mol. The van der Waals surface area contributed by atoms with Crippen molar-refractivity contribution >= 4 is 22.7 Å². The van der Waals surface area contributed by atoms with Gasteiger partial charge >= 0.3 is 0 Å². The molecular formula is C30H30N2O4. The fraction of sp³-hybridized carbons (Fsp3) is 0.300. The van der Waals surface area contributed by atoms with E-state index in [1.807, 2.05) is 56.3 Å². The van der Waals surface area contributed by atoms with E-state index < -0.39 is 6.04 Å². The van der Waals surface area contributed by atoms with Crippen LogP contribution in [0.5, 0.6) is 5.75 Å². The van der Waals surface area contributed by atoms with E-state index in [0.29, 0.717) is 29.0 Å². The minimum absolute atomic E-state index is 0.0719. The first-order valence-corrected chi connectivity index (χ1v) is 12.5. The van der Waals surface area contributed by atoms with E-state index in [9.17, 15) is 9.59 Å². The first-order chi connectivity index (χ1) is 17.5. The number of carbonyl (C=O) groups is 1. The Balaban J connectivity index is 1.58. The maximum Gasteiger partial charge on any atom is 0.296 e. The van der Waals surface area contributed by atoms with Gasteiger partial charge in [-0.3, -0.25) is 14.5 Å². The number of anilines is 1. The lowest BCUT2D eigenvalue weighted by Crippen LogP contribution is -2.30. The highest BCUT2D eigenvalue weighted by atomic mass is 16.5. The van der Waals surface area contributed by atoms with Crippen LogP contribution in [0.4, 0.5) is 5.82 Å². The average Bonchev–Trinajstić information content (AvgIpc) is 3.18. The molecule has 0 saturated carbocycles. The lowest BCUT2D eigenvalue weighted by Gasteiger charge is -2.24. The van der Waals surface area contributed by atoms with Crippen LogP contribution in [0.15, 0.2) is 70.0 Å². The SMILES string of the molecule is CCCCCCOc1ccc(C2c3c(oc4cc(C)c(C)cc4c3=O)C(=O)N2c2ccccn2)cc1. The molecule has 0 saturated heterocycles. The van der Waals surface area contributed by atoms with Gasteiger partial charge in [0.2, 0.25) is 5.76 Å². The van der Waals surface area contributed by atoms with E-state index in [4.69, 9.17) is 9.15 Å². The fourth-order valence-electron chi connectivity index (χ4n) is 4.74. The number of benzene rings is 2. The van der Waals surface area contributed by atoms with Gasteiger partial charge in [-0.2, -0.15) is 0 Å². The third kappa shape index (κ3) is 4.28. The summed E-state index contributed by atoms with van der Waals surface area (Å²) in [6.45, 7) is 6.77. The zero-order chi connectivity index (χ0) is 25.2. The number of rotatable bonds is 8. The number of carbonyl (C=O) groups excluding carboxylic acids is 1. The van der Waals surface area contributed by atoms with Gasteiger partial charge in [0.25, 0.3) is 5.91 Å². The minimum atomic E-state index is -0.650. The Kier molecular flexibility index (Phi) is 6.59. The normalized spacial score (nSPS) is 14.9. The Morgan fingerprint density at radius 3 is 2.47 bits per heavy atom. The van der Waals surface area contributed by atoms with Gasteiger partial charge in [0.15, 0.2) is 5.43 Å². The second kappa shape index (κ2) is 9.97. The zero-order valence-electron chi connectivity index (χ0n) is 20.9. The highest BCUT2D eigenvalue weighted by Crippen LogP contribution is 2.41. The molecule has 2 aromatic heterocycles. The van der Waals surface area contributed by atoms with Gasteiger partial charge in [-0.05, 0) is 73.4 Å². The number of pyridine rings is 1. The minimum Gasteiger partial charge on any atom is -0.494 e. The molecule has 5 rings (SSSR count). The third-order valence-corrected chi connectivity index (χ3v) is 6.85. The standard InChI is InChI=1S/C30H30N2O4/c1-4-5-6-9-16-35-22-13-11-21(12-14-22)27-26-28(33)23-17-19(2)20(3)18-24(23)36-29(26)30(34)32(27)25-10-7-8-15-31-25/h7-8,10-15,17-18,27H,4-6,9,16H2,1-3H3. The molecule has 0 bridgehead atoms. The summed E-state index contributed by atoms with van der Waals surface area (Å²) in [5.41, 5.74) is 3.36. The Bertz CT molecular complexity index is 1460. The summed E-state index contributed by atoms with van der Waals surface area (Å²) >= 11 is 0. The van der Waals surface area contributed by atoms with Gasteiger partial charge in [0.1, 0.15) is 17.2 Å². The number of aromatic nitrogens is 1. The van der Waals surface area contributed by atoms with Crippen molar-refractivity contribution in [2.75, 3.05) is 11.5 Å². The summed E-state index contributed by atoms with van der Waals surface area (Å²) in [5, 5.41) is 0.476. The maximum absolute atomic E-state index is 13.8. The van der Waals surface area contributed by atoms with Gasteiger partial charge in [0, 0.05) is 6.20 Å². The lowest BCUT2D eigenvalue weighted by molar-refractivity contribution is 0.0970. The molecule has 0 spiro atoms. The van der Waals surface area contributed by atoms with Crippen LogP contribution in [0.2, 0.25) is 0 Å². The Morgan fingerprint density at radius 1 is 0.972 bits per heavy atom. The highest BCUT2D eigenvalue weighted by Gasteiger charge is 2.44. The summed E-state index contributed by atoms with van der Waals surface area (Å²) in [4.78, 5) is 33.4. The molecular weight excluding hydrogens is 452 g/mol. The molecule has 1 amide bonds. The number of aryl methyl sites for hydroxylation is 2. The van der Waals surface area contributed by atoms with Crippen molar-refractivity contribution in [1.82, 2.24) is 4.98 Å². The first kappa shape index (κ1) is 23.8. The Morgan fingerprint density at radius 2 is 1.75 bits per heavy atom. The van der Waals surface area contributed by atoms with Crippen LogP contribution in [-0.2, 0) is 0 Å². The third-order valence-electron chi connectivity index (χ3n) is 6.85. The van der Waals surface area contributed by atoms with Crippen molar-refractivity contribution in [3.05, 3.63) is 99.0 Å². The van der Waals surface area contributed by atoms with E-state index >= 15 is 0 Å². The van der Waals surface area contributed by atoms with Gasteiger partial charge in [-0.15, -0.1) is 0 Å². The second-order valence-corrected chi connectivity index (χ2v) is 9.35. The largest absolute Gasteiger partial charge is 0.494 e. The molecule has 0 radical (unpaired) electrons. The number of hydrogen-bond acceptors (Lipinski definition) is 5. The molecule has 2 aromatic carbocycles. The van der Waals surface area contributed by atoms with E-state index in [2.05, 4.69) is 11.9 Å². The molecule has 0 N–H and O–H groups in total. The smallest absolute Gasteiger partial charge is 0.296 e. The predicted octanol–water partition coefficient (Wildman–Crippen LogP) is 6.51. The van der Waals surface area contributed by atoms with Crippen molar-refractivity contribution < 1.29 is 13.9 Å². The van der Waals surface area contributed by atoms with Crippen LogP contribution in [0, 0.1) is 13.8 Å². The molecule has 36 heavy (non-hydrogen) atoms. The molecule has 0 fully saturated rings. The van der Waals surface area contributed by atoms with Crippen molar-refractivity contribution in [3.63, 3.8) is 0 Å². The van der Waals surface area contributed by atoms with Crippen molar-refractivity contribution in [2.45, 2.75) is 52.5 Å². The topological polar surface area (TPSA) is 72.6 Å². The van der Waals surface area contributed by atoms with Crippen molar-refractivity contribution in [1.29, 1.82) is 0 Å². The van der Waals surface area contributed by atoms with Crippen LogP contribution in [-0.4, -0.2) is 17.5 Å². The van der Waals surface area contributed by atoms with Crippen LogP contribution in [0.25, 0.3) is 11.0 Å². The highest BCUT2D eigenvalue weighted by molar-refractivity contribution is 6.10. The van der Waals surface area contributed by atoms with Gasteiger partial charge in [-0.1, -0.05) is 44.4 Å². The number of amides is 1. The number of unbranched alkanes of at least 4 members (excludes halogenated alkanes) is 3. The average molecular weight is 483 g/mol. The molecule has 1 unspecified atom stereocenters. The maximum atomic E-state index is 13.8. The molecule has 3 heterocycles. The van der Waals surface area contributed by atoms with Gasteiger partial charge in [0.05, 0.1) is 23.6 Å². The number of hydrogen-bond donors (Lipinski definition) is 0. The Hall–Kier alpha value is -3.93. The summed E-state index contributed by atoms with van der Waals surface area (Å²) in [5.74, 6) is 0.927. The molecule has 1 aliphatic rings. The number of nitrogens with zero attached hydrogens (tertiary/aromatic N) is 2. The quantitative estimate of drug-likeness (QED) is 0.268. The number of fused-ring (bicyclic) bond motifs is 2. The molecule has 184 valence electrons. The summed E-state index contributed by atoms with van der Waals surface area (Å²) in [6, 6.07) is 16.0. The van der Waals surface area contributed by atoms with Crippen LogP contribution >= 0.6 is 0 Å². The molecule has 6 heteroatoms. The van der Waals surface area contributed by atoms with E-state index in [0.717, 1.165) is 35.3 Å². The molecule has 4 aromatic rings. The second-order valence-electron chi connectivity index (χ2n) is 9.35. The fourth-order valence-corrected chi connectivity index (χ4v) is 4.74. The number of ether oxygens (including phenoxy) is 1. The van der Waals surface area contributed by atoms with Crippen molar-refractivity contribution in [3.8, 4) is 5.75 Å². The summed E-state index contributed by atoms with van der Waals surface area (Å²) in [6.07, 6.45) is 6.19. The predicted molar refractivity (Wildman–Crippen MR) is 141 cm³/mol. The Labute approximate surface area is 210 Å². The molecule has 6 nitrogen and oxygen atoms in total. The molecule has 0 aliphatic carbocycles. The van der Waals surface area contributed by atoms with Crippen molar-refractivity contribution in [2.24, 2.45) is 0 Å². The summed E-state index contributed by atoms with van der Waals surface area (Å²) < 4.78 is 12.0. The van der Waals surface area contributed by atoms with E-state index in [1.54, 1.807) is 23.2 Å². The van der Waals surface area contributed by atoms with Crippen LogP contribution < -0.4 is 15.1 Å². The van der Waals surface area contributed by atoms with Gasteiger partial charge < -0.3 is 9.15 Å². The van der Waals surface area contributed by atoms with E-state index in [-0.39, 0.29) is 17.1 Å². The molecule has 1 atom stereocenters. The van der Waals surface area contributed by atoms with Gasteiger partial charge in [-0.25, -0.2) is 4.98 Å².